The molecule has 7 heteroatoms. The Hall–Kier alpha value is -0.0562. The molecular formula is C34H70O5Si2. The third kappa shape index (κ3) is 11.8. The van der Waals surface area contributed by atoms with Crippen LogP contribution < -0.4 is 0 Å². The lowest BCUT2D eigenvalue weighted by Crippen LogP contribution is -2.53. The maximum atomic E-state index is 13.3. The zero-order valence-corrected chi connectivity index (χ0v) is 32.5. The maximum absolute atomic E-state index is 13.3. The van der Waals surface area contributed by atoms with Crippen LogP contribution in [0.2, 0.25) is 36.3 Å². The van der Waals surface area contributed by atoms with Crippen molar-refractivity contribution in [3.05, 3.63) is 0 Å². The van der Waals surface area contributed by atoms with E-state index in [0.29, 0.717) is 30.5 Å². The minimum absolute atomic E-state index is 0.0114. The number of hydrogen-bond acceptors (Lipinski definition) is 5. The van der Waals surface area contributed by atoms with Gasteiger partial charge in [-0.2, -0.15) is 0 Å². The van der Waals surface area contributed by atoms with Gasteiger partial charge in [0.1, 0.15) is 5.78 Å². The third-order valence-electron chi connectivity index (χ3n) is 9.81. The molecule has 0 saturated carbocycles. The van der Waals surface area contributed by atoms with Crippen LogP contribution in [0.1, 0.15) is 123 Å². The molecule has 0 unspecified atom stereocenters. The Balaban J connectivity index is 3.03. The number of carbonyl (C=O) groups is 1. The molecule has 0 bridgehead atoms. The fourth-order valence-corrected chi connectivity index (χ4v) is 8.19. The van der Waals surface area contributed by atoms with Gasteiger partial charge in [0.05, 0.1) is 24.4 Å². The first kappa shape index (κ1) is 39.0. The van der Waals surface area contributed by atoms with Gasteiger partial charge in [-0.05, 0) is 86.6 Å². The molecule has 41 heavy (non-hydrogen) atoms. The van der Waals surface area contributed by atoms with Crippen LogP contribution in [0.5, 0.6) is 0 Å². The smallest absolute Gasteiger partial charge is 0.192 e. The number of hydrogen-bond donors (Lipinski definition) is 0. The highest BCUT2D eigenvalue weighted by molar-refractivity contribution is 6.74. The summed E-state index contributed by atoms with van der Waals surface area (Å²) >= 11 is 0. The third-order valence-corrected chi connectivity index (χ3v) is 18.8. The molecule has 0 aromatic rings. The Bertz CT molecular complexity index is 822. The minimum atomic E-state index is -2.05. The molecule has 1 aliphatic rings. The Morgan fingerprint density at radius 3 is 1.68 bits per heavy atom. The molecule has 0 N–H and O–H groups in total. The zero-order valence-electron chi connectivity index (χ0n) is 30.5. The summed E-state index contributed by atoms with van der Waals surface area (Å²) in [6, 6.07) is 0. The first-order chi connectivity index (χ1) is 18.2. The Morgan fingerprint density at radius 1 is 0.780 bits per heavy atom. The lowest BCUT2D eigenvalue weighted by atomic mass is 9.87. The SMILES string of the molecule is CC(C)[C@@H](O[Si](C)(C)C(C)(C)C)[C@@H](C[C@@H](C)CC(=O)C[C@@H](C)C[C@H]1OC(C)(C)O[C@H]1C(C)C)O[Si](C)(C)C(C)(C)C. The standard InChI is InChI=1S/C34H70O5Si2/c1-23(2)30-28(36-34(13,14)37-30)21-25(5)19-27(35)20-26(6)22-29(38-40(15,16)32(7,8)9)31(24(3)4)39-41(17,18)33(10,11)12/h23-26,28-31H,19-22H2,1-18H3/t25-,26+,28-,29-,30+,31-/m1/s1. The van der Waals surface area contributed by atoms with E-state index in [2.05, 4.69) is 109 Å². The van der Waals surface area contributed by atoms with Gasteiger partial charge >= 0.3 is 0 Å². The highest BCUT2D eigenvalue weighted by Crippen LogP contribution is 2.42. The number of ether oxygens (including phenoxy) is 2. The first-order valence-corrected chi connectivity index (χ1v) is 22.2. The summed E-state index contributed by atoms with van der Waals surface area (Å²) in [4.78, 5) is 13.3. The largest absolute Gasteiger partial charge is 0.411 e. The maximum Gasteiger partial charge on any atom is 0.192 e. The normalized spacial score (nSPS) is 23.6. The topological polar surface area (TPSA) is 54.0 Å². The van der Waals surface area contributed by atoms with E-state index in [1.165, 1.54) is 0 Å². The van der Waals surface area contributed by atoms with Crippen molar-refractivity contribution < 1.29 is 23.1 Å². The van der Waals surface area contributed by atoms with Gasteiger partial charge in [0.15, 0.2) is 22.4 Å². The fraction of sp³-hybridized carbons (Fsp3) is 0.971. The second-order valence-corrected chi connectivity index (χ2v) is 27.0. The van der Waals surface area contributed by atoms with E-state index < -0.39 is 22.4 Å². The Labute approximate surface area is 257 Å². The van der Waals surface area contributed by atoms with Crippen LogP contribution in [0, 0.1) is 23.7 Å². The van der Waals surface area contributed by atoms with Crippen molar-refractivity contribution in [1.82, 2.24) is 0 Å². The Morgan fingerprint density at radius 2 is 1.24 bits per heavy atom. The summed E-state index contributed by atoms with van der Waals surface area (Å²) in [5.41, 5.74) is 0. The summed E-state index contributed by atoms with van der Waals surface area (Å²) in [6.45, 7) is 40.4. The van der Waals surface area contributed by atoms with Gasteiger partial charge in [0.2, 0.25) is 0 Å². The van der Waals surface area contributed by atoms with Crippen LogP contribution in [-0.2, 0) is 23.1 Å². The second-order valence-electron chi connectivity index (χ2n) is 17.5. The van der Waals surface area contributed by atoms with Crippen molar-refractivity contribution >= 4 is 22.4 Å². The average molecular weight is 615 g/mol. The predicted octanol–water partition coefficient (Wildman–Crippen LogP) is 10.0. The molecule has 1 heterocycles. The quantitative estimate of drug-likeness (QED) is 0.172. The summed E-state index contributed by atoms with van der Waals surface area (Å²) in [6.07, 6.45) is 2.94. The summed E-state index contributed by atoms with van der Waals surface area (Å²) in [5.74, 6) is 0.960. The lowest BCUT2D eigenvalue weighted by molar-refractivity contribution is -0.150. The summed E-state index contributed by atoms with van der Waals surface area (Å²) < 4.78 is 26.7. The molecule has 0 aliphatic carbocycles. The molecule has 0 amide bonds. The van der Waals surface area contributed by atoms with Gasteiger partial charge in [-0.25, -0.2) is 0 Å². The van der Waals surface area contributed by atoms with E-state index in [4.69, 9.17) is 18.3 Å². The van der Waals surface area contributed by atoms with Gasteiger partial charge in [0, 0.05) is 12.8 Å². The molecule has 1 aliphatic heterocycles. The van der Waals surface area contributed by atoms with E-state index in [9.17, 15) is 4.79 Å². The first-order valence-electron chi connectivity index (χ1n) is 16.4. The summed E-state index contributed by atoms with van der Waals surface area (Å²) in [5, 5.41) is 0.226. The molecule has 0 spiro atoms. The van der Waals surface area contributed by atoms with Crippen molar-refractivity contribution in [2.45, 2.75) is 189 Å². The van der Waals surface area contributed by atoms with Crippen LogP contribution in [0.25, 0.3) is 0 Å². The minimum Gasteiger partial charge on any atom is -0.411 e. The van der Waals surface area contributed by atoms with Crippen LogP contribution in [-0.4, -0.2) is 52.6 Å². The van der Waals surface area contributed by atoms with E-state index in [0.717, 1.165) is 12.8 Å². The molecule has 0 radical (unpaired) electrons. The number of rotatable bonds is 15. The molecule has 1 saturated heterocycles. The number of Topliss-reactive ketones (excluding diaryl/α,β-unsaturated/α-hetero) is 1. The monoisotopic (exact) mass is 614 g/mol. The van der Waals surface area contributed by atoms with Gasteiger partial charge in [-0.3, -0.25) is 4.79 Å². The molecule has 244 valence electrons. The zero-order chi connectivity index (χ0) is 32.4. The molecular weight excluding hydrogens is 545 g/mol. The van der Waals surface area contributed by atoms with Crippen molar-refractivity contribution in [1.29, 1.82) is 0 Å². The predicted molar refractivity (Wildman–Crippen MR) is 179 cm³/mol. The highest BCUT2D eigenvalue weighted by atomic mass is 28.4. The lowest BCUT2D eigenvalue weighted by Gasteiger charge is -2.47. The van der Waals surface area contributed by atoms with E-state index >= 15 is 0 Å². The molecule has 5 nitrogen and oxygen atoms in total. The number of carbonyl (C=O) groups excluding carboxylic acids is 1. The van der Waals surface area contributed by atoms with Gasteiger partial charge < -0.3 is 18.3 Å². The fourth-order valence-electron chi connectivity index (χ4n) is 5.39. The highest BCUT2D eigenvalue weighted by Gasteiger charge is 2.46. The van der Waals surface area contributed by atoms with Crippen molar-refractivity contribution in [3.8, 4) is 0 Å². The van der Waals surface area contributed by atoms with Crippen LogP contribution in [0.15, 0.2) is 0 Å². The molecule has 0 aromatic heterocycles. The van der Waals surface area contributed by atoms with Crippen LogP contribution >= 0.6 is 0 Å². The Kier molecular flexibility index (Phi) is 13.7. The molecule has 1 fully saturated rings. The van der Waals surface area contributed by atoms with E-state index in [1.807, 2.05) is 13.8 Å². The van der Waals surface area contributed by atoms with Gasteiger partial charge in [0.25, 0.3) is 0 Å². The molecule has 1 rings (SSSR count). The van der Waals surface area contributed by atoms with Crippen molar-refractivity contribution in [3.63, 3.8) is 0 Å². The van der Waals surface area contributed by atoms with Gasteiger partial charge in [-0.15, -0.1) is 0 Å². The van der Waals surface area contributed by atoms with Crippen molar-refractivity contribution in [2.75, 3.05) is 0 Å². The van der Waals surface area contributed by atoms with E-state index in [1.54, 1.807) is 0 Å². The van der Waals surface area contributed by atoms with E-state index in [-0.39, 0.29) is 46.3 Å². The van der Waals surface area contributed by atoms with Crippen molar-refractivity contribution in [2.24, 2.45) is 23.7 Å². The van der Waals surface area contributed by atoms with Gasteiger partial charge in [-0.1, -0.05) is 83.1 Å². The molecule has 6 atom stereocenters. The number of ketones is 1. The average Bonchev–Trinajstić information content (AvgIpc) is 3.03. The summed E-state index contributed by atoms with van der Waals surface area (Å²) in [7, 11) is -4.07. The second kappa shape index (κ2) is 14.4. The van der Waals surface area contributed by atoms with Crippen LogP contribution in [0.4, 0.5) is 0 Å². The van der Waals surface area contributed by atoms with Crippen LogP contribution in [0.3, 0.4) is 0 Å². The molecule has 0 aromatic carbocycles.